The first-order chi connectivity index (χ1) is 8.19. The van der Waals surface area contributed by atoms with Gasteiger partial charge in [-0.05, 0) is 30.2 Å². The molecule has 0 saturated heterocycles. The third kappa shape index (κ3) is 2.88. The molecule has 0 spiro atoms. The van der Waals surface area contributed by atoms with Crippen molar-refractivity contribution in [1.82, 2.24) is 20.2 Å². The van der Waals surface area contributed by atoms with Crippen LogP contribution >= 0.6 is 0 Å². The summed E-state index contributed by atoms with van der Waals surface area (Å²) < 4.78 is 0. The Morgan fingerprint density at radius 2 is 2.12 bits per heavy atom. The zero-order valence-electron chi connectivity index (χ0n) is 10.2. The molecule has 0 atom stereocenters. The fraction of sp³-hybridized carbons (Fsp3) is 0.417. The Hall–Kier alpha value is -1.75. The number of tetrazole rings is 1. The summed E-state index contributed by atoms with van der Waals surface area (Å²) in [6.45, 7) is 5.32. The van der Waals surface area contributed by atoms with E-state index in [1.165, 1.54) is 16.7 Å². The molecule has 0 aliphatic heterocycles. The Labute approximate surface area is 101 Å². The summed E-state index contributed by atoms with van der Waals surface area (Å²) in [6, 6.07) is 6.39. The van der Waals surface area contributed by atoms with E-state index in [-0.39, 0.29) is 0 Å². The van der Waals surface area contributed by atoms with Crippen LogP contribution in [0.25, 0.3) is 0 Å². The number of hydrogen-bond donors (Lipinski definition) is 1. The molecule has 1 heterocycles. The molecule has 2 aromatic rings. The quantitative estimate of drug-likeness (QED) is 0.846. The Kier molecular flexibility index (Phi) is 3.49. The molecule has 1 aromatic carbocycles. The van der Waals surface area contributed by atoms with E-state index in [0.29, 0.717) is 13.1 Å². The number of nitrogens with zero attached hydrogens (tertiary/aromatic N) is 4. The lowest BCUT2D eigenvalue weighted by atomic mass is 10.0. The molecular formula is C12H17N5. The molecule has 5 heteroatoms. The zero-order chi connectivity index (χ0) is 12.3. The normalized spacial score (nSPS) is 10.8. The first kappa shape index (κ1) is 11.7. The molecule has 0 aliphatic carbocycles. The highest BCUT2D eigenvalue weighted by atomic mass is 15.6. The van der Waals surface area contributed by atoms with Crippen LogP contribution in [0.1, 0.15) is 22.5 Å². The maximum atomic E-state index is 5.44. The van der Waals surface area contributed by atoms with Gasteiger partial charge in [0.15, 0.2) is 5.82 Å². The van der Waals surface area contributed by atoms with Gasteiger partial charge in [0.25, 0.3) is 0 Å². The lowest BCUT2D eigenvalue weighted by Gasteiger charge is -2.03. The smallest absolute Gasteiger partial charge is 0.179 e. The van der Waals surface area contributed by atoms with E-state index in [1.807, 2.05) is 0 Å². The third-order valence-corrected chi connectivity index (χ3v) is 2.68. The van der Waals surface area contributed by atoms with Gasteiger partial charge in [0.05, 0.1) is 6.54 Å². The zero-order valence-corrected chi connectivity index (χ0v) is 10.2. The highest BCUT2D eigenvalue weighted by Gasteiger charge is 2.06. The number of rotatable bonds is 4. The standard InChI is InChI=1S/C12H17N5/c1-9-3-4-10(2)11(7-9)8-12-14-16-17(15-12)6-5-13/h3-4,7H,5-6,8,13H2,1-2H3. The fourth-order valence-corrected chi connectivity index (χ4v) is 1.72. The summed E-state index contributed by atoms with van der Waals surface area (Å²) >= 11 is 0. The third-order valence-electron chi connectivity index (χ3n) is 2.68. The van der Waals surface area contributed by atoms with Gasteiger partial charge in [0, 0.05) is 13.0 Å². The molecule has 5 nitrogen and oxygen atoms in total. The molecule has 17 heavy (non-hydrogen) atoms. The van der Waals surface area contributed by atoms with Crippen molar-refractivity contribution in [3.63, 3.8) is 0 Å². The molecule has 0 bridgehead atoms. The average molecular weight is 231 g/mol. The van der Waals surface area contributed by atoms with Crippen LogP contribution in [0.4, 0.5) is 0 Å². The number of aryl methyl sites for hydroxylation is 2. The molecule has 2 N–H and O–H groups in total. The van der Waals surface area contributed by atoms with E-state index in [9.17, 15) is 0 Å². The Morgan fingerprint density at radius 3 is 2.88 bits per heavy atom. The molecule has 0 unspecified atom stereocenters. The maximum Gasteiger partial charge on any atom is 0.179 e. The lowest BCUT2D eigenvalue weighted by Crippen LogP contribution is -2.12. The van der Waals surface area contributed by atoms with Crippen molar-refractivity contribution < 1.29 is 0 Å². The predicted molar refractivity (Wildman–Crippen MR) is 65.6 cm³/mol. The van der Waals surface area contributed by atoms with Crippen LogP contribution in [0.15, 0.2) is 18.2 Å². The average Bonchev–Trinajstić information content (AvgIpc) is 2.72. The number of benzene rings is 1. The van der Waals surface area contributed by atoms with E-state index in [1.54, 1.807) is 4.80 Å². The number of aromatic nitrogens is 4. The molecule has 0 fully saturated rings. The molecule has 0 amide bonds. The first-order valence-corrected chi connectivity index (χ1v) is 5.72. The van der Waals surface area contributed by atoms with E-state index in [2.05, 4.69) is 47.5 Å². The van der Waals surface area contributed by atoms with E-state index in [4.69, 9.17) is 5.73 Å². The molecule has 1 aromatic heterocycles. The van der Waals surface area contributed by atoms with Gasteiger partial charge in [0.2, 0.25) is 0 Å². The minimum absolute atomic E-state index is 0.527. The van der Waals surface area contributed by atoms with Crippen molar-refractivity contribution in [1.29, 1.82) is 0 Å². The van der Waals surface area contributed by atoms with Crippen LogP contribution in [0.3, 0.4) is 0 Å². The fourth-order valence-electron chi connectivity index (χ4n) is 1.72. The minimum atomic E-state index is 0.527. The summed E-state index contributed by atoms with van der Waals surface area (Å²) in [5.74, 6) is 0.743. The number of nitrogens with two attached hydrogens (primary N) is 1. The topological polar surface area (TPSA) is 69.6 Å². The highest BCUT2D eigenvalue weighted by molar-refractivity contribution is 5.32. The van der Waals surface area contributed by atoms with Gasteiger partial charge in [-0.3, -0.25) is 0 Å². The van der Waals surface area contributed by atoms with Crippen LogP contribution in [0.5, 0.6) is 0 Å². The monoisotopic (exact) mass is 231 g/mol. The van der Waals surface area contributed by atoms with Crippen molar-refractivity contribution in [3.05, 3.63) is 40.7 Å². The SMILES string of the molecule is Cc1ccc(C)c(Cc2nnn(CCN)n2)c1. The first-order valence-electron chi connectivity index (χ1n) is 5.72. The van der Waals surface area contributed by atoms with Gasteiger partial charge in [-0.25, -0.2) is 0 Å². The Bertz CT molecular complexity index is 503. The maximum absolute atomic E-state index is 5.44. The van der Waals surface area contributed by atoms with Crippen LogP contribution in [-0.2, 0) is 13.0 Å². The molecule has 0 aliphatic rings. The van der Waals surface area contributed by atoms with E-state index in [0.717, 1.165) is 12.2 Å². The summed E-state index contributed by atoms with van der Waals surface area (Å²) in [4.78, 5) is 1.54. The Balaban J connectivity index is 2.16. The largest absolute Gasteiger partial charge is 0.329 e. The van der Waals surface area contributed by atoms with Gasteiger partial charge >= 0.3 is 0 Å². The second kappa shape index (κ2) is 5.05. The van der Waals surface area contributed by atoms with Gasteiger partial charge in [0.1, 0.15) is 0 Å². The van der Waals surface area contributed by atoms with Crippen molar-refractivity contribution in [2.45, 2.75) is 26.8 Å². The van der Waals surface area contributed by atoms with Gasteiger partial charge < -0.3 is 5.73 Å². The second-order valence-corrected chi connectivity index (χ2v) is 4.20. The van der Waals surface area contributed by atoms with E-state index >= 15 is 0 Å². The van der Waals surface area contributed by atoms with Crippen LogP contribution in [0, 0.1) is 13.8 Å². The molecule has 0 radical (unpaired) electrons. The second-order valence-electron chi connectivity index (χ2n) is 4.20. The summed E-state index contributed by atoms with van der Waals surface area (Å²) in [5, 5.41) is 12.3. The summed E-state index contributed by atoms with van der Waals surface area (Å²) in [5.41, 5.74) is 9.19. The lowest BCUT2D eigenvalue weighted by molar-refractivity contribution is 0.529. The van der Waals surface area contributed by atoms with Crippen molar-refractivity contribution in [2.75, 3.05) is 6.54 Å². The van der Waals surface area contributed by atoms with Crippen LogP contribution in [-0.4, -0.2) is 26.8 Å². The molecule has 90 valence electrons. The van der Waals surface area contributed by atoms with Crippen LogP contribution in [0.2, 0.25) is 0 Å². The number of hydrogen-bond acceptors (Lipinski definition) is 4. The van der Waals surface area contributed by atoms with Gasteiger partial charge in [-0.2, -0.15) is 4.80 Å². The van der Waals surface area contributed by atoms with Gasteiger partial charge in [-0.1, -0.05) is 23.8 Å². The molecular weight excluding hydrogens is 214 g/mol. The minimum Gasteiger partial charge on any atom is -0.329 e. The summed E-state index contributed by atoms with van der Waals surface area (Å²) in [7, 11) is 0. The molecule has 0 saturated carbocycles. The van der Waals surface area contributed by atoms with Crippen molar-refractivity contribution in [3.8, 4) is 0 Å². The van der Waals surface area contributed by atoms with E-state index < -0.39 is 0 Å². The van der Waals surface area contributed by atoms with Crippen LogP contribution < -0.4 is 5.73 Å². The van der Waals surface area contributed by atoms with Crippen molar-refractivity contribution >= 4 is 0 Å². The Morgan fingerprint density at radius 1 is 1.29 bits per heavy atom. The predicted octanol–water partition coefficient (Wildman–Crippen LogP) is 0.839. The van der Waals surface area contributed by atoms with Gasteiger partial charge in [-0.15, -0.1) is 10.2 Å². The molecule has 2 rings (SSSR count). The van der Waals surface area contributed by atoms with Crippen molar-refractivity contribution in [2.24, 2.45) is 5.73 Å². The highest BCUT2D eigenvalue weighted by Crippen LogP contribution is 2.13. The summed E-state index contributed by atoms with van der Waals surface area (Å²) in [6.07, 6.45) is 0.720.